The van der Waals surface area contributed by atoms with Crippen molar-refractivity contribution in [1.82, 2.24) is 0 Å². The Morgan fingerprint density at radius 1 is 0.862 bits per heavy atom. The molecule has 1 aromatic rings. The zero-order chi connectivity index (χ0) is 21.1. The number of benzene rings is 1. The Bertz CT molecular complexity index is 658. The Kier molecular flexibility index (Phi) is 7.40. The van der Waals surface area contributed by atoms with Crippen molar-refractivity contribution >= 4 is 0 Å². The average Bonchev–Trinajstić information content (AvgIpc) is 2.73. The molecule has 3 rings (SSSR count). The Balaban J connectivity index is 1.64. The molecule has 2 heterocycles. The number of ether oxygens (including phenoxy) is 4. The topological polar surface area (TPSA) is 179 Å². The van der Waals surface area contributed by atoms with Crippen molar-refractivity contribution in [3.8, 4) is 5.75 Å². The minimum Gasteiger partial charge on any atom is -0.462 e. The Morgan fingerprint density at radius 3 is 2.28 bits per heavy atom. The summed E-state index contributed by atoms with van der Waals surface area (Å²) in [6, 6.07) is 6.49. The van der Waals surface area contributed by atoms with Gasteiger partial charge >= 0.3 is 0 Å². The molecule has 0 aliphatic carbocycles. The summed E-state index contributed by atoms with van der Waals surface area (Å²) >= 11 is 0. The standard InChI is InChI=1S/C18H26O11/c19-5-8-3-1-2-4-10(8)28-18-16(25)14(23)13(22)11(29-18)7-27-17-15(24)12(21)9(20)6-26-17/h1-4,9,11-25H,5-7H2. The molecule has 0 spiro atoms. The van der Waals surface area contributed by atoms with E-state index in [1.54, 1.807) is 24.3 Å². The van der Waals surface area contributed by atoms with Crippen LogP contribution in [0.25, 0.3) is 0 Å². The molecule has 2 aliphatic heterocycles. The van der Waals surface area contributed by atoms with E-state index in [4.69, 9.17) is 18.9 Å². The van der Waals surface area contributed by atoms with Gasteiger partial charge in [-0.2, -0.15) is 0 Å². The second kappa shape index (κ2) is 9.62. The van der Waals surface area contributed by atoms with Crippen molar-refractivity contribution in [2.45, 2.75) is 61.9 Å². The van der Waals surface area contributed by atoms with E-state index in [9.17, 15) is 35.7 Å². The molecule has 2 saturated heterocycles. The monoisotopic (exact) mass is 418 g/mol. The van der Waals surface area contributed by atoms with Crippen molar-refractivity contribution in [3.05, 3.63) is 29.8 Å². The molecule has 0 bridgehead atoms. The fourth-order valence-corrected chi connectivity index (χ4v) is 3.14. The van der Waals surface area contributed by atoms with Gasteiger partial charge in [-0.1, -0.05) is 18.2 Å². The lowest BCUT2D eigenvalue weighted by atomic mass is 9.99. The molecule has 9 unspecified atom stereocenters. The van der Waals surface area contributed by atoms with Gasteiger partial charge in [0, 0.05) is 5.56 Å². The molecule has 11 heteroatoms. The third-order valence-corrected chi connectivity index (χ3v) is 4.93. The quantitative estimate of drug-likeness (QED) is 0.248. The molecule has 0 amide bonds. The molecule has 164 valence electrons. The molecule has 2 fully saturated rings. The summed E-state index contributed by atoms with van der Waals surface area (Å²) in [5.41, 5.74) is 0.433. The molecule has 2 aliphatic rings. The van der Waals surface area contributed by atoms with E-state index < -0.39 is 55.3 Å². The Labute approximate surface area is 166 Å². The smallest absolute Gasteiger partial charge is 0.229 e. The Hall–Kier alpha value is -1.38. The van der Waals surface area contributed by atoms with Crippen LogP contribution in [0.4, 0.5) is 0 Å². The summed E-state index contributed by atoms with van der Waals surface area (Å²) in [4.78, 5) is 0. The van der Waals surface area contributed by atoms with Gasteiger partial charge < -0.3 is 54.7 Å². The maximum absolute atomic E-state index is 10.2. The SMILES string of the molecule is OCc1ccccc1OC1OC(COC2OCC(O)C(O)C2O)C(O)C(O)C1O. The number of hydrogen-bond donors (Lipinski definition) is 7. The van der Waals surface area contributed by atoms with Gasteiger partial charge in [0.1, 0.15) is 48.5 Å². The van der Waals surface area contributed by atoms with E-state index in [2.05, 4.69) is 0 Å². The summed E-state index contributed by atoms with van der Waals surface area (Å²) in [7, 11) is 0. The zero-order valence-corrected chi connectivity index (χ0v) is 15.4. The summed E-state index contributed by atoms with van der Waals surface area (Å²) in [5, 5.41) is 68.9. The van der Waals surface area contributed by atoms with Crippen molar-refractivity contribution in [2.24, 2.45) is 0 Å². The summed E-state index contributed by atoms with van der Waals surface area (Å²) in [6.45, 7) is -0.958. The number of aliphatic hydroxyl groups is 7. The summed E-state index contributed by atoms with van der Waals surface area (Å²) in [6.07, 6.45) is -12.8. The summed E-state index contributed by atoms with van der Waals surface area (Å²) in [5.74, 6) is 0.227. The van der Waals surface area contributed by atoms with Gasteiger partial charge in [-0.15, -0.1) is 0 Å². The van der Waals surface area contributed by atoms with Crippen LogP contribution in [0.3, 0.4) is 0 Å². The van der Waals surface area contributed by atoms with Crippen LogP contribution in [-0.4, -0.2) is 104 Å². The van der Waals surface area contributed by atoms with Gasteiger partial charge in [0.15, 0.2) is 6.29 Å². The van der Waals surface area contributed by atoms with Gasteiger partial charge in [-0.3, -0.25) is 0 Å². The first-order chi connectivity index (χ1) is 13.8. The fourth-order valence-electron chi connectivity index (χ4n) is 3.14. The van der Waals surface area contributed by atoms with Crippen LogP contribution in [0.15, 0.2) is 24.3 Å². The van der Waals surface area contributed by atoms with Crippen molar-refractivity contribution < 1.29 is 54.7 Å². The van der Waals surface area contributed by atoms with Crippen LogP contribution >= 0.6 is 0 Å². The third kappa shape index (κ3) is 4.86. The molecule has 29 heavy (non-hydrogen) atoms. The van der Waals surface area contributed by atoms with Crippen LogP contribution in [0.2, 0.25) is 0 Å². The lowest BCUT2D eigenvalue weighted by Crippen LogP contribution is -2.61. The largest absolute Gasteiger partial charge is 0.462 e. The molecule has 7 N–H and O–H groups in total. The first kappa shape index (κ1) is 22.3. The van der Waals surface area contributed by atoms with Crippen LogP contribution in [0.1, 0.15) is 5.56 Å². The number of rotatable bonds is 6. The summed E-state index contributed by atoms with van der Waals surface area (Å²) < 4.78 is 21.5. The zero-order valence-electron chi connectivity index (χ0n) is 15.4. The van der Waals surface area contributed by atoms with Crippen LogP contribution < -0.4 is 4.74 Å². The van der Waals surface area contributed by atoms with Crippen molar-refractivity contribution in [1.29, 1.82) is 0 Å². The molecule has 0 radical (unpaired) electrons. The van der Waals surface area contributed by atoms with E-state index in [0.717, 1.165) is 0 Å². The second-order valence-electron chi connectivity index (χ2n) is 6.98. The van der Waals surface area contributed by atoms with Gasteiger partial charge in [-0.25, -0.2) is 0 Å². The second-order valence-corrected chi connectivity index (χ2v) is 6.98. The normalized spacial score (nSPS) is 40.6. The average molecular weight is 418 g/mol. The van der Waals surface area contributed by atoms with E-state index in [0.29, 0.717) is 5.56 Å². The number of para-hydroxylation sites is 1. The fraction of sp³-hybridized carbons (Fsp3) is 0.667. The Morgan fingerprint density at radius 2 is 1.55 bits per heavy atom. The lowest BCUT2D eigenvalue weighted by molar-refractivity contribution is -0.307. The highest BCUT2D eigenvalue weighted by Gasteiger charge is 2.46. The van der Waals surface area contributed by atoms with E-state index >= 15 is 0 Å². The predicted molar refractivity (Wildman–Crippen MR) is 93.4 cm³/mol. The number of hydrogen-bond acceptors (Lipinski definition) is 11. The van der Waals surface area contributed by atoms with Crippen LogP contribution in [0.5, 0.6) is 5.75 Å². The molecular weight excluding hydrogens is 392 g/mol. The van der Waals surface area contributed by atoms with E-state index in [1.165, 1.54) is 0 Å². The van der Waals surface area contributed by atoms with Gasteiger partial charge in [-0.05, 0) is 6.07 Å². The molecule has 11 nitrogen and oxygen atoms in total. The van der Waals surface area contributed by atoms with E-state index in [1.807, 2.05) is 0 Å². The highest BCUT2D eigenvalue weighted by molar-refractivity contribution is 5.32. The predicted octanol–water partition coefficient (Wildman–Crippen LogP) is -3.18. The van der Waals surface area contributed by atoms with Crippen LogP contribution in [-0.2, 0) is 20.8 Å². The lowest BCUT2D eigenvalue weighted by Gasteiger charge is -2.41. The first-order valence-electron chi connectivity index (χ1n) is 9.16. The highest BCUT2D eigenvalue weighted by atomic mass is 16.7. The third-order valence-electron chi connectivity index (χ3n) is 4.93. The van der Waals surface area contributed by atoms with Crippen molar-refractivity contribution in [3.63, 3.8) is 0 Å². The van der Waals surface area contributed by atoms with Gasteiger partial charge in [0.25, 0.3) is 0 Å². The van der Waals surface area contributed by atoms with Gasteiger partial charge in [0.05, 0.1) is 19.8 Å². The molecule has 1 aromatic carbocycles. The molecule has 9 atom stereocenters. The number of aliphatic hydroxyl groups excluding tert-OH is 7. The minimum absolute atomic E-state index is 0.227. The molecule has 0 aromatic heterocycles. The maximum atomic E-state index is 10.2. The first-order valence-corrected chi connectivity index (χ1v) is 9.16. The van der Waals surface area contributed by atoms with Gasteiger partial charge in [0.2, 0.25) is 6.29 Å². The van der Waals surface area contributed by atoms with Crippen LogP contribution in [0, 0.1) is 0 Å². The minimum atomic E-state index is -1.62. The molecule has 0 saturated carbocycles. The maximum Gasteiger partial charge on any atom is 0.229 e. The van der Waals surface area contributed by atoms with E-state index in [-0.39, 0.29) is 25.6 Å². The highest BCUT2D eigenvalue weighted by Crippen LogP contribution is 2.27. The molecular formula is C18H26O11. The van der Waals surface area contributed by atoms with Crippen molar-refractivity contribution in [2.75, 3.05) is 13.2 Å².